The number of halogens is 2. The van der Waals surface area contributed by atoms with Crippen LogP contribution >= 0.6 is 0 Å². The molecule has 0 saturated heterocycles. The Morgan fingerprint density at radius 3 is 2.44 bits per heavy atom. The van der Waals surface area contributed by atoms with E-state index in [0.29, 0.717) is 0 Å². The van der Waals surface area contributed by atoms with Crippen LogP contribution in [0.3, 0.4) is 0 Å². The van der Waals surface area contributed by atoms with Gasteiger partial charge in [-0.25, -0.2) is 22.3 Å². The van der Waals surface area contributed by atoms with Gasteiger partial charge in [-0.05, 0) is 0 Å². The van der Waals surface area contributed by atoms with Gasteiger partial charge in [-0.2, -0.15) is 0 Å². The van der Waals surface area contributed by atoms with Gasteiger partial charge in [0.15, 0.2) is 5.88 Å². The van der Waals surface area contributed by atoms with Gasteiger partial charge in [-0.15, -0.1) is 0 Å². The minimum atomic E-state index is -4.41. The van der Waals surface area contributed by atoms with Crippen molar-refractivity contribution in [3.8, 4) is 5.88 Å². The van der Waals surface area contributed by atoms with E-state index in [9.17, 15) is 22.0 Å². The Bertz CT molecular complexity index is 552. The third-order valence-electron chi connectivity index (χ3n) is 1.75. The van der Waals surface area contributed by atoms with E-state index in [4.69, 9.17) is 5.14 Å². The number of alkyl halides is 2. The number of aromatic amines is 1. The summed E-state index contributed by atoms with van der Waals surface area (Å²) in [4.78, 5) is 12.2. The van der Waals surface area contributed by atoms with E-state index in [1.54, 1.807) is 0 Å². The van der Waals surface area contributed by atoms with Gasteiger partial charge in [0, 0.05) is 6.07 Å². The second-order valence-corrected chi connectivity index (χ2v) is 4.32. The number of H-pyrrole nitrogens is 1. The molecule has 0 aliphatic carbocycles. The number of primary sulfonamides is 1. The number of nitrogens with two attached hydrogens (primary N) is 1. The summed E-state index contributed by atoms with van der Waals surface area (Å²) in [5, 5.41) is 4.72. The maximum absolute atomic E-state index is 12.5. The zero-order valence-corrected chi connectivity index (χ0v) is 8.85. The summed E-state index contributed by atoms with van der Waals surface area (Å²) >= 11 is 0. The van der Waals surface area contributed by atoms with Crippen molar-refractivity contribution in [1.29, 1.82) is 0 Å². The van der Waals surface area contributed by atoms with Crippen LogP contribution in [-0.2, 0) is 10.0 Å². The van der Waals surface area contributed by atoms with Crippen LogP contribution in [-0.4, -0.2) is 20.5 Å². The van der Waals surface area contributed by atoms with Crippen molar-refractivity contribution in [3.63, 3.8) is 0 Å². The first kappa shape index (κ1) is 12.6. The predicted octanol–water partition coefficient (Wildman–Crippen LogP) is -0.0315. The molecule has 0 unspecified atom stereocenters. The molecule has 16 heavy (non-hydrogen) atoms. The molecule has 90 valence electrons. The van der Waals surface area contributed by atoms with Crippen LogP contribution in [0.25, 0.3) is 0 Å². The van der Waals surface area contributed by atoms with E-state index in [1.807, 2.05) is 4.98 Å². The van der Waals surface area contributed by atoms with Gasteiger partial charge < -0.3 is 4.74 Å². The first-order valence-corrected chi connectivity index (χ1v) is 5.44. The summed E-state index contributed by atoms with van der Waals surface area (Å²) in [6.45, 7) is 0. The summed E-state index contributed by atoms with van der Waals surface area (Å²) in [5.41, 5.74) is -2.44. The molecule has 0 aliphatic rings. The molecule has 1 aromatic rings. The van der Waals surface area contributed by atoms with Gasteiger partial charge in [0.1, 0.15) is 10.5 Å². The Morgan fingerprint density at radius 2 is 2.06 bits per heavy atom. The minimum Gasteiger partial charge on any atom is -0.482 e. The molecule has 0 saturated carbocycles. The van der Waals surface area contributed by atoms with E-state index in [1.165, 1.54) is 0 Å². The van der Waals surface area contributed by atoms with Gasteiger partial charge in [0.25, 0.3) is 12.0 Å². The lowest BCUT2D eigenvalue weighted by Crippen LogP contribution is -2.23. The number of nitrogens with one attached hydrogen (secondary N) is 1. The van der Waals surface area contributed by atoms with Gasteiger partial charge >= 0.3 is 0 Å². The zero-order chi connectivity index (χ0) is 12.5. The first-order chi connectivity index (χ1) is 7.27. The molecule has 0 bridgehead atoms. The third-order valence-corrected chi connectivity index (χ3v) is 2.70. The highest BCUT2D eigenvalue weighted by Crippen LogP contribution is 2.24. The predicted molar refractivity (Wildman–Crippen MR) is 49.9 cm³/mol. The lowest BCUT2D eigenvalue weighted by atomic mass is 10.3. The number of aromatic nitrogens is 1. The van der Waals surface area contributed by atoms with Crippen LogP contribution in [0.5, 0.6) is 5.88 Å². The lowest BCUT2D eigenvalue weighted by Gasteiger charge is -2.07. The van der Waals surface area contributed by atoms with Crippen LogP contribution in [0.2, 0.25) is 0 Å². The molecule has 0 aromatic carbocycles. The summed E-state index contributed by atoms with van der Waals surface area (Å²) < 4.78 is 51.5. The standard InChI is InChI=1S/C7H8F2N2O4S/c1-15-4-2-3(16(10,13)14)5(6(8)9)7(12)11-4/h2,6H,1H3,(H,11,12)(H2,10,13,14). The molecular formula is C7H8F2N2O4S. The Hall–Kier alpha value is -1.48. The second-order valence-electron chi connectivity index (χ2n) is 2.79. The molecule has 0 fully saturated rings. The van der Waals surface area contributed by atoms with E-state index >= 15 is 0 Å². The summed E-state index contributed by atoms with van der Waals surface area (Å²) in [7, 11) is -3.27. The van der Waals surface area contributed by atoms with Crippen LogP contribution < -0.4 is 15.4 Å². The van der Waals surface area contributed by atoms with Crippen molar-refractivity contribution in [2.75, 3.05) is 7.11 Å². The van der Waals surface area contributed by atoms with Crippen molar-refractivity contribution < 1.29 is 21.9 Å². The molecule has 3 N–H and O–H groups in total. The van der Waals surface area contributed by atoms with Crippen LogP contribution in [0, 0.1) is 0 Å². The van der Waals surface area contributed by atoms with Crippen LogP contribution in [0.15, 0.2) is 15.8 Å². The molecule has 0 atom stereocenters. The lowest BCUT2D eigenvalue weighted by molar-refractivity contribution is 0.145. The van der Waals surface area contributed by atoms with Crippen LogP contribution in [0.1, 0.15) is 12.0 Å². The third kappa shape index (κ3) is 2.36. The van der Waals surface area contributed by atoms with E-state index in [2.05, 4.69) is 4.74 Å². The number of ether oxygens (including phenoxy) is 1. The average Bonchev–Trinajstić information content (AvgIpc) is 2.14. The minimum absolute atomic E-state index is 0.265. The van der Waals surface area contributed by atoms with Crippen molar-refractivity contribution in [1.82, 2.24) is 4.98 Å². The van der Waals surface area contributed by atoms with Gasteiger partial charge in [-0.3, -0.25) is 9.78 Å². The number of rotatable bonds is 3. The Labute approximate surface area is 89.1 Å². The van der Waals surface area contributed by atoms with Gasteiger partial charge in [-0.1, -0.05) is 0 Å². The monoisotopic (exact) mass is 254 g/mol. The maximum Gasteiger partial charge on any atom is 0.270 e. The normalized spacial score (nSPS) is 11.8. The van der Waals surface area contributed by atoms with Crippen molar-refractivity contribution in [2.45, 2.75) is 11.3 Å². The van der Waals surface area contributed by atoms with E-state index in [0.717, 1.165) is 13.2 Å². The van der Waals surface area contributed by atoms with Crippen molar-refractivity contribution >= 4 is 10.0 Å². The SMILES string of the molecule is COc1cc(S(N)(=O)=O)c(C(F)F)c(=O)[nH]1. The van der Waals surface area contributed by atoms with E-state index < -0.39 is 32.5 Å². The summed E-state index contributed by atoms with van der Waals surface area (Å²) in [6, 6.07) is 0.734. The number of pyridine rings is 1. The van der Waals surface area contributed by atoms with Crippen LogP contribution in [0.4, 0.5) is 8.78 Å². The van der Waals surface area contributed by atoms with Gasteiger partial charge in [0.2, 0.25) is 10.0 Å². The summed E-state index contributed by atoms with van der Waals surface area (Å²) in [6.07, 6.45) is -3.25. The number of methoxy groups -OCH3 is 1. The molecule has 0 aliphatic heterocycles. The number of hydrogen-bond acceptors (Lipinski definition) is 4. The molecule has 0 spiro atoms. The fourth-order valence-corrected chi connectivity index (χ4v) is 1.84. The Kier molecular flexibility index (Phi) is 3.29. The zero-order valence-electron chi connectivity index (χ0n) is 8.03. The number of sulfonamides is 1. The van der Waals surface area contributed by atoms with E-state index in [-0.39, 0.29) is 5.88 Å². The fourth-order valence-electron chi connectivity index (χ4n) is 1.08. The molecule has 0 radical (unpaired) electrons. The molecule has 1 rings (SSSR count). The smallest absolute Gasteiger partial charge is 0.270 e. The molecule has 6 nitrogen and oxygen atoms in total. The average molecular weight is 254 g/mol. The molecule has 1 aromatic heterocycles. The molecule has 0 amide bonds. The molecule has 1 heterocycles. The highest BCUT2D eigenvalue weighted by molar-refractivity contribution is 7.89. The highest BCUT2D eigenvalue weighted by Gasteiger charge is 2.25. The number of hydrogen-bond donors (Lipinski definition) is 2. The second kappa shape index (κ2) is 4.18. The molecule has 9 heteroatoms. The first-order valence-electron chi connectivity index (χ1n) is 3.89. The van der Waals surface area contributed by atoms with Gasteiger partial charge in [0.05, 0.1) is 7.11 Å². The highest BCUT2D eigenvalue weighted by atomic mass is 32.2. The Balaban J connectivity index is 3.67. The largest absolute Gasteiger partial charge is 0.482 e. The Morgan fingerprint density at radius 1 is 1.50 bits per heavy atom. The maximum atomic E-state index is 12.5. The quantitative estimate of drug-likeness (QED) is 0.790. The van der Waals surface area contributed by atoms with Crippen molar-refractivity contribution in [2.24, 2.45) is 5.14 Å². The fraction of sp³-hybridized carbons (Fsp3) is 0.286. The molecular weight excluding hydrogens is 246 g/mol. The topological polar surface area (TPSA) is 102 Å². The summed E-state index contributed by atoms with van der Waals surface area (Å²) in [5.74, 6) is -0.265. The van der Waals surface area contributed by atoms with Crippen molar-refractivity contribution in [3.05, 3.63) is 22.0 Å².